The Morgan fingerprint density at radius 3 is 1.07 bits per heavy atom. The largest absolute Gasteiger partial charge is 0.351 e. The van der Waals surface area contributed by atoms with Gasteiger partial charge in [-0.2, -0.15) is 0 Å². The van der Waals surface area contributed by atoms with Crippen LogP contribution in [0, 0.1) is 5.92 Å². The van der Waals surface area contributed by atoms with E-state index in [1.165, 1.54) is 13.8 Å². The molecule has 0 aliphatic heterocycles. The monoisotopic (exact) mass is 650 g/mol. The van der Waals surface area contributed by atoms with Crippen molar-refractivity contribution < 1.29 is 28.8 Å². The van der Waals surface area contributed by atoms with E-state index in [1.807, 2.05) is 13.8 Å². The molecule has 0 aromatic heterocycles. The second-order valence-electron chi connectivity index (χ2n) is 13.1. The SMILES string of the molecule is CCCCCC(C)C(=O)NC(CCCCC)C(=O)NC(CCCCC)C(=O)NC(CCCCC)C(=O)NC(CC(C)=O)CC(C)=O. The Kier molecular flexibility index (Phi) is 24.7. The van der Waals surface area contributed by atoms with Crippen LogP contribution < -0.4 is 21.3 Å². The van der Waals surface area contributed by atoms with Crippen LogP contribution in [0.4, 0.5) is 0 Å². The Morgan fingerprint density at radius 1 is 0.435 bits per heavy atom. The van der Waals surface area contributed by atoms with Gasteiger partial charge in [0.15, 0.2) is 0 Å². The van der Waals surface area contributed by atoms with Crippen LogP contribution in [0.3, 0.4) is 0 Å². The molecule has 10 heteroatoms. The summed E-state index contributed by atoms with van der Waals surface area (Å²) in [6.07, 6.45) is 12.8. The van der Waals surface area contributed by atoms with Crippen molar-refractivity contribution in [2.75, 3.05) is 0 Å². The normalized spacial score (nSPS) is 13.7. The van der Waals surface area contributed by atoms with E-state index >= 15 is 0 Å². The smallest absolute Gasteiger partial charge is 0.243 e. The van der Waals surface area contributed by atoms with Gasteiger partial charge in [0.1, 0.15) is 29.7 Å². The quantitative estimate of drug-likeness (QED) is 0.0782. The average Bonchev–Trinajstić information content (AvgIpc) is 2.98. The average molecular weight is 651 g/mol. The Balaban J connectivity index is 5.93. The number of Topliss-reactive ketones (excluding diaryl/α,β-unsaturated/α-hetero) is 2. The van der Waals surface area contributed by atoms with Crippen LogP contribution in [0.5, 0.6) is 0 Å². The van der Waals surface area contributed by atoms with Crippen LogP contribution in [0.2, 0.25) is 0 Å². The Morgan fingerprint density at radius 2 is 0.739 bits per heavy atom. The molecular weight excluding hydrogens is 584 g/mol. The molecule has 0 aliphatic carbocycles. The molecule has 4 atom stereocenters. The van der Waals surface area contributed by atoms with Crippen LogP contribution in [0.1, 0.15) is 164 Å². The zero-order chi connectivity index (χ0) is 34.9. The molecule has 0 spiro atoms. The zero-order valence-electron chi connectivity index (χ0n) is 30.1. The maximum absolute atomic E-state index is 13.7. The molecule has 10 nitrogen and oxygen atoms in total. The molecule has 4 N–H and O–H groups in total. The molecule has 0 heterocycles. The van der Waals surface area contributed by atoms with Crippen molar-refractivity contribution in [3.63, 3.8) is 0 Å². The summed E-state index contributed by atoms with van der Waals surface area (Å²) in [5.41, 5.74) is 0. The lowest BCUT2D eigenvalue weighted by atomic mass is 10.00. The minimum atomic E-state index is -0.880. The van der Waals surface area contributed by atoms with Crippen molar-refractivity contribution in [3.05, 3.63) is 0 Å². The highest BCUT2D eigenvalue weighted by Gasteiger charge is 2.31. The van der Waals surface area contributed by atoms with Crippen molar-refractivity contribution in [3.8, 4) is 0 Å². The molecule has 0 radical (unpaired) electrons. The van der Waals surface area contributed by atoms with E-state index in [4.69, 9.17) is 0 Å². The fourth-order valence-electron chi connectivity index (χ4n) is 5.46. The number of carbonyl (C=O) groups is 6. The van der Waals surface area contributed by atoms with Crippen LogP contribution in [0.15, 0.2) is 0 Å². The minimum Gasteiger partial charge on any atom is -0.351 e. The molecule has 46 heavy (non-hydrogen) atoms. The second kappa shape index (κ2) is 26.3. The molecule has 0 saturated heterocycles. The zero-order valence-corrected chi connectivity index (χ0v) is 30.1. The molecule has 266 valence electrons. The highest BCUT2D eigenvalue weighted by Crippen LogP contribution is 2.13. The van der Waals surface area contributed by atoms with Gasteiger partial charge in [0.05, 0.1) is 0 Å². The van der Waals surface area contributed by atoms with E-state index in [0.29, 0.717) is 32.1 Å². The highest BCUT2D eigenvalue weighted by atomic mass is 16.2. The number of amides is 4. The molecule has 0 fully saturated rings. The summed E-state index contributed by atoms with van der Waals surface area (Å²) in [6, 6.07) is -3.16. The standard InChI is InChI=1S/C36H66N4O6/c1-8-12-16-20-26(5)33(43)38-31(22-18-14-10-3)35(45)40-32(23-19-15-11-4)36(46)39-30(21-17-13-9-2)34(44)37-29(24-27(6)41)25-28(7)42/h26,29-32H,8-25H2,1-7H3,(H,37,44)(H,38,43)(H,39,46)(H,40,45). The summed E-state index contributed by atoms with van der Waals surface area (Å²) in [7, 11) is 0. The Hall–Kier alpha value is -2.78. The van der Waals surface area contributed by atoms with Crippen molar-refractivity contribution in [2.24, 2.45) is 5.92 Å². The lowest BCUT2D eigenvalue weighted by molar-refractivity contribution is -0.135. The molecule has 0 bridgehead atoms. The molecule has 0 saturated carbocycles. The van der Waals surface area contributed by atoms with Gasteiger partial charge >= 0.3 is 0 Å². The van der Waals surface area contributed by atoms with Gasteiger partial charge in [-0.1, -0.05) is 112 Å². The number of hydrogen-bond donors (Lipinski definition) is 4. The maximum atomic E-state index is 13.7. The lowest BCUT2D eigenvalue weighted by Gasteiger charge is -2.27. The third-order valence-corrected chi connectivity index (χ3v) is 8.29. The summed E-state index contributed by atoms with van der Waals surface area (Å²) in [5, 5.41) is 11.6. The third-order valence-electron chi connectivity index (χ3n) is 8.29. The minimum absolute atomic E-state index is 0.0268. The van der Waals surface area contributed by atoms with Crippen LogP contribution >= 0.6 is 0 Å². The molecular formula is C36H66N4O6. The number of rotatable bonds is 28. The summed E-state index contributed by atoms with van der Waals surface area (Å²) in [5.74, 6) is -1.95. The number of ketones is 2. The first kappa shape index (κ1) is 43.2. The first-order valence-corrected chi connectivity index (χ1v) is 18.1. The van der Waals surface area contributed by atoms with Crippen molar-refractivity contribution in [2.45, 2.75) is 188 Å². The van der Waals surface area contributed by atoms with Crippen LogP contribution in [-0.2, 0) is 28.8 Å². The molecule has 4 unspecified atom stereocenters. The number of nitrogens with one attached hydrogen (secondary N) is 4. The predicted molar refractivity (Wildman–Crippen MR) is 184 cm³/mol. The van der Waals surface area contributed by atoms with Gasteiger partial charge in [0, 0.05) is 24.8 Å². The molecule has 4 amide bonds. The fraction of sp³-hybridized carbons (Fsp3) is 0.833. The summed E-state index contributed by atoms with van der Waals surface area (Å²) in [6.45, 7) is 13.0. The van der Waals surface area contributed by atoms with Gasteiger partial charge in [0.25, 0.3) is 0 Å². The van der Waals surface area contributed by atoms with Crippen LogP contribution in [0.25, 0.3) is 0 Å². The second-order valence-corrected chi connectivity index (χ2v) is 13.1. The number of unbranched alkanes of at least 4 members (excludes halogenated alkanes) is 8. The van der Waals surface area contributed by atoms with Crippen LogP contribution in [-0.4, -0.2) is 59.4 Å². The Labute approximate surface area is 279 Å². The molecule has 0 aromatic rings. The van der Waals surface area contributed by atoms with Crippen molar-refractivity contribution in [1.29, 1.82) is 0 Å². The first-order valence-electron chi connectivity index (χ1n) is 18.1. The molecule has 0 aromatic carbocycles. The predicted octanol–water partition coefficient (Wildman–Crippen LogP) is 5.84. The summed E-state index contributed by atoms with van der Waals surface area (Å²) < 4.78 is 0. The van der Waals surface area contributed by atoms with Crippen molar-refractivity contribution >= 4 is 35.2 Å². The Bertz CT molecular complexity index is 908. The van der Waals surface area contributed by atoms with Gasteiger partial charge in [-0.15, -0.1) is 0 Å². The highest BCUT2D eigenvalue weighted by molar-refractivity contribution is 5.94. The topological polar surface area (TPSA) is 151 Å². The van der Waals surface area contributed by atoms with Gasteiger partial charge in [-0.3, -0.25) is 28.8 Å². The lowest BCUT2D eigenvalue weighted by Crippen LogP contribution is -2.57. The third kappa shape index (κ3) is 20.4. The van der Waals surface area contributed by atoms with E-state index in [0.717, 1.165) is 70.6 Å². The van der Waals surface area contributed by atoms with Gasteiger partial charge < -0.3 is 21.3 Å². The number of carbonyl (C=O) groups excluding carboxylic acids is 6. The van der Waals surface area contributed by atoms with Gasteiger partial charge in [-0.25, -0.2) is 0 Å². The maximum Gasteiger partial charge on any atom is 0.243 e. The van der Waals surface area contributed by atoms with E-state index in [2.05, 4.69) is 42.0 Å². The fourth-order valence-corrected chi connectivity index (χ4v) is 5.46. The van der Waals surface area contributed by atoms with E-state index in [1.54, 1.807) is 0 Å². The summed E-state index contributed by atoms with van der Waals surface area (Å²) >= 11 is 0. The van der Waals surface area contributed by atoms with E-state index in [9.17, 15) is 28.8 Å². The number of hydrogen-bond acceptors (Lipinski definition) is 6. The molecule has 0 aliphatic rings. The molecule has 0 rings (SSSR count). The van der Waals surface area contributed by atoms with Gasteiger partial charge in [0.2, 0.25) is 23.6 Å². The van der Waals surface area contributed by atoms with Crippen molar-refractivity contribution in [1.82, 2.24) is 21.3 Å². The summed E-state index contributed by atoms with van der Waals surface area (Å²) in [4.78, 5) is 77.4. The van der Waals surface area contributed by atoms with E-state index < -0.39 is 41.9 Å². The van der Waals surface area contributed by atoms with E-state index in [-0.39, 0.29) is 36.2 Å². The first-order chi connectivity index (χ1) is 21.9. The van der Waals surface area contributed by atoms with Gasteiger partial charge in [-0.05, 0) is 39.5 Å².